The molecule has 2 aliphatic rings. The van der Waals surface area contributed by atoms with E-state index in [1.165, 1.54) is 0 Å². The monoisotopic (exact) mass is 283 g/mol. The largest absolute Gasteiger partial charge is 1.00 e. The van der Waals surface area contributed by atoms with Gasteiger partial charge in [-0.25, -0.2) is 8.42 Å². The Balaban J connectivity index is 0.00000120. The standard InChI is InChI=1S/C7H11N5O4S.Na/c1-10-5-2-11-3-6(7(5)8-9-10)12(4-11)16-17(13,14)15;/h6H,2-4H2,1H3,(H,13,14,15);/q;+1/p-1. The summed E-state index contributed by atoms with van der Waals surface area (Å²) in [7, 11) is -2.98. The molecule has 0 saturated carbocycles. The molecule has 0 N–H and O–H groups in total. The Morgan fingerprint density at radius 1 is 1.50 bits per heavy atom. The number of aryl methyl sites for hydroxylation is 1. The van der Waals surface area contributed by atoms with Gasteiger partial charge in [0.15, 0.2) is 0 Å². The molecule has 9 nitrogen and oxygen atoms in total. The van der Waals surface area contributed by atoms with Gasteiger partial charge in [-0.1, -0.05) is 5.21 Å². The van der Waals surface area contributed by atoms with Crippen molar-refractivity contribution in [3.8, 4) is 0 Å². The molecule has 0 amide bonds. The molecule has 3 rings (SSSR count). The maximum atomic E-state index is 10.6. The minimum absolute atomic E-state index is 0. The minimum atomic E-state index is -4.75. The van der Waals surface area contributed by atoms with Crippen LogP contribution in [0.3, 0.4) is 0 Å². The molecule has 0 radical (unpaired) electrons. The predicted octanol–water partition coefficient (Wildman–Crippen LogP) is -4.66. The summed E-state index contributed by atoms with van der Waals surface area (Å²) in [6, 6.07) is -0.351. The minimum Gasteiger partial charge on any atom is -0.724 e. The number of fused-ring (bicyclic) bond motifs is 4. The van der Waals surface area contributed by atoms with E-state index in [-0.39, 0.29) is 42.3 Å². The van der Waals surface area contributed by atoms with Gasteiger partial charge < -0.3 is 4.55 Å². The van der Waals surface area contributed by atoms with E-state index in [9.17, 15) is 13.0 Å². The molecule has 1 aromatic rings. The summed E-state index contributed by atoms with van der Waals surface area (Å²) in [4.78, 5) is 1.96. The molecule has 1 aromatic heterocycles. The Hall–Kier alpha value is -0.0700. The van der Waals surface area contributed by atoms with Crippen LogP contribution in [0.2, 0.25) is 0 Å². The molecule has 1 saturated heterocycles. The first-order valence-electron chi connectivity index (χ1n) is 4.97. The van der Waals surface area contributed by atoms with Gasteiger partial charge in [-0.3, -0.25) is 9.58 Å². The SMILES string of the molecule is Cn1nnc2c1CN1CC2N(OS(=O)(=O)[O-])C1.[Na+]. The van der Waals surface area contributed by atoms with Gasteiger partial charge in [0.1, 0.15) is 5.69 Å². The predicted molar refractivity (Wildman–Crippen MR) is 51.6 cm³/mol. The quantitative estimate of drug-likeness (QED) is 0.303. The van der Waals surface area contributed by atoms with Gasteiger partial charge in [-0.15, -0.1) is 10.2 Å². The Bertz CT molecular complexity index is 560. The fourth-order valence-electron chi connectivity index (χ4n) is 2.27. The summed E-state index contributed by atoms with van der Waals surface area (Å²) in [5, 5.41) is 9.00. The summed E-state index contributed by atoms with van der Waals surface area (Å²) in [5.41, 5.74) is 1.58. The summed E-state index contributed by atoms with van der Waals surface area (Å²) in [5.74, 6) is 0. The molecule has 0 spiro atoms. The molecule has 3 heterocycles. The molecule has 94 valence electrons. The summed E-state index contributed by atoms with van der Waals surface area (Å²) < 4.78 is 37.9. The van der Waals surface area contributed by atoms with Crippen LogP contribution in [-0.2, 0) is 28.3 Å². The third-order valence-electron chi connectivity index (χ3n) is 2.97. The zero-order valence-corrected chi connectivity index (χ0v) is 12.8. The fraction of sp³-hybridized carbons (Fsp3) is 0.714. The molecule has 1 fully saturated rings. The van der Waals surface area contributed by atoms with E-state index >= 15 is 0 Å². The van der Waals surface area contributed by atoms with Gasteiger partial charge >= 0.3 is 29.6 Å². The van der Waals surface area contributed by atoms with Crippen LogP contribution in [-0.4, -0.2) is 51.1 Å². The zero-order chi connectivity index (χ0) is 12.2. The van der Waals surface area contributed by atoms with E-state index in [2.05, 4.69) is 14.6 Å². The second-order valence-corrected chi connectivity index (χ2v) is 5.08. The van der Waals surface area contributed by atoms with Gasteiger partial charge in [0.25, 0.3) is 0 Å². The number of hydroxylamine groups is 2. The Morgan fingerprint density at radius 2 is 2.22 bits per heavy atom. The summed E-state index contributed by atoms with van der Waals surface area (Å²) >= 11 is 0. The van der Waals surface area contributed by atoms with Crippen LogP contribution in [0.4, 0.5) is 0 Å². The Labute approximate surface area is 126 Å². The van der Waals surface area contributed by atoms with Crippen LogP contribution in [0.25, 0.3) is 0 Å². The van der Waals surface area contributed by atoms with E-state index in [0.717, 1.165) is 10.8 Å². The smallest absolute Gasteiger partial charge is 0.724 e. The van der Waals surface area contributed by atoms with E-state index in [4.69, 9.17) is 0 Å². The molecule has 2 atom stereocenters. The first kappa shape index (κ1) is 14.3. The maximum Gasteiger partial charge on any atom is 1.00 e. The van der Waals surface area contributed by atoms with Crippen LogP contribution in [0.1, 0.15) is 17.4 Å². The van der Waals surface area contributed by atoms with Crippen molar-refractivity contribution in [3.05, 3.63) is 11.4 Å². The van der Waals surface area contributed by atoms with E-state index in [0.29, 0.717) is 18.8 Å². The van der Waals surface area contributed by atoms with E-state index < -0.39 is 10.4 Å². The molecular formula is C7H10N5NaO4S. The third-order valence-corrected chi connectivity index (χ3v) is 3.34. The molecule has 0 aromatic carbocycles. The van der Waals surface area contributed by atoms with Gasteiger partial charge in [-0.2, -0.15) is 4.28 Å². The summed E-state index contributed by atoms with van der Waals surface area (Å²) in [6.45, 7) is 1.47. The third kappa shape index (κ3) is 2.47. The van der Waals surface area contributed by atoms with Gasteiger partial charge in [0, 0.05) is 20.1 Å². The number of aromatic nitrogens is 3. The van der Waals surface area contributed by atoms with Crippen molar-refractivity contribution in [2.45, 2.75) is 12.6 Å². The average molecular weight is 283 g/mol. The molecule has 2 unspecified atom stereocenters. The average Bonchev–Trinajstić information content (AvgIpc) is 2.70. The summed E-state index contributed by atoms with van der Waals surface area (Å²) in [6.07, 6.45) is 0. The van der Waals surface area contributed by atoms with Crippen molar-refractivity contribution >= 4 is 10.4 Å². The van der Waals surface area contributed by atoms with Gasteiger partial charge in [-0.05, 0) is 0 Å². The topological polar surface area (TPSA) is 104 Å². The van der Waals surface area contributed by atoms with Crippen molar-refractivity contribution in [1.82, 2.24) is 25.0 Å². The Kier molecular flexibility index (Phi) is 3.82. The fourth-order valence-corrected chi connectivity index (χ4v) is 2.65. The zero-order valence-electron chi connectivity index (χ0n) is 9.98. The van der Waals surface area contributed by atoms with Crippen LogP contribution in [0, 0.1) is 0 Å². The molecular weight excluding hydrogens is 273 g/mol. The van der Waals surface area contributed by atoms with Gasteiger partial charge in [0.2, 0.25) is 10.4 Å². The second kappa shape index (κ2) is 4.80. The second-order valence-electron chi connectivity index (χ2n) is 4.11. The molecule has 18 heavy (non-hydrogen) atoms. The van der Waals surface area contributed by atoms with Gasteiger partial charge in [0.05, 0.1) is 18.4 Å². The first-order chi connectivity index (χ1) is 7.94. The van der Waals surface area contributed by atoms with Crippen molar-refractivity contribution in [1.29, 1.82) is 0 Å². The van der Waals surface area contributed by atoms with Crippen LogP contribution >= 0.6 is 0 Å². The van der Waals surface area contributed by atoms with Crippen LogP contribution in [0.15, 0.2) is 0 Å². The molecule has 0 aliphatic carbocycles. The normalized spacial score (nSPS) is 26.8. The van der Waals surface area contributed by atoms with Crippen LogP contribution in [0.5, 0.6) is 0 Å². The number of rotatable bonds is 2. The van der Waals surface area contributed by atoms with E-state index in [1.54, 1.807) is 11.7 Å². The molecule has 11 heteroatoms. The molecule has 2 bridgehead atoms. The van der Waals surface area contributed by atoms with Crippen molar-refractivity contribution in [3.63, 3.8) is 0 Å². The Morgan fingerprint density at radius 3 is 2.89 bits per heavy atom. The van der Waals surface area contributed by atoms with Crippen molar-refractivity contribution < 1.29 is 46.8 Å². The first-order valence-corrected chi connectivity index (χ1v) is 6.30. The van der Waals surface area contributed by atoms with Crippen molar-refractivity contribution in [2.24, 2.45) is 7.05 Å². The number of hydrogen-bond donors (Lipinski definition) is 0. The number of nitrogens with zero attached hydrogens (tertiary/aromatic N) is 5. The number of hydrogen-bond acceptors (Lipinski definition) is 8. The maximum absolute atomic E-state index is 10.6. The molecule has 2 aliphatic heterocycles. The van der Waals surface area contributed by atoms with Crippen molar-refractivity contribution in [2.75, 3.05) is 13.2 Å². The van der Waals surface area contributed by atoms with Crippen LogP contribution < -0.4 is 29.6 Å². The van der Waals surface area contributed by atoms with E-state index in [1.807, 2.05) is 4.90 Å².